The molecular formula is C28H39N3. The van der Waals surface area contributed by atoms with Gasteiger partial charge in [-0.1, -0.05) is 52.0 Å². The van der Waals surface area contributed by atoms with Gasteiger partial charge in [0.25, 0.3) is 0 Å². The molecule has 1 aromatic carbocycles. The van der Waals surface area contributed by atoms with E-state index in [1.165, 1.54) is 34.0 Å². The maximum Gasteiger partial charge on any atom is 0.0688 e. The second kappa shape index (κ2) is 8.33. The molecule has 166 valence electrons. The summed E-state index contributed by atoms with van der Waals surface area (Å²) < 4.78 is 2.14. The van der Waals surface area contributed by atoms with Gasteiger partial charge in [0.15, 0.2) is 0 Å². The Hall–Kier alpha value is -2.29. The van der Waals surface area contributed by atoms with E-state index in [1.54, 1.807) is 0 Å². The van der Waals surface area contributed by atoms with E-state index in [4.69, 9.17) is 0 Å². The van der Waals surface area contributed by atoms with Gasteiger partial charge in [0, 0.05) is 23.7 Å². The zero-order valence-electron chi connectivity index (χ0n) is 20.4. The molecule has 1 aliphatic heterocycles. The van der Waals surface area contributed by atoms with Crippen molar-refractivity contribution in [2.75, 3.05) is 0 Å². The van der Waals surface area contributed by atoms with Crippen molar-refractivity contribution >= 4 is 10.9 Å². The number of nitrogens with zero attached hydrogens (tertiary/aromatic N) is 3. The maximum absolute atomic E-state index is 4.60. The fraction of sp³-hybridized carbons (Fsp3) is 0.536. The van der Waals surface area contributed by atoms with Crippen LogP contribution in [0.1, 0.15) is 79.3 Å². The summed E-state index contributed by atoms with van der Waals surface area (Å²) in [6, 6.07) is 8.32. The maximum atomic E-state index is 4.60. The summed E-state index contributed by atoms with van der Waals surface area (Å²) in [4.78, 5) is 2.62. The highest BCUT2D eigenvalue weighted by Crippen LogP contribution is 2.38. The number of benzene rings is 1. The van der Waals surface area contributed by atoms with Crippen LogP contribution in [-0.4, -0.2) is 26.8 Å². The highest BCUT2D eigenvalue weighted by atomic mass is 15.3. The SMILES string of the molecule is CCC1=C2C=CN(C(C)CCC(C)(C)c3ccc4cnn(C(C)C)c4c3)C2C(C)C=C1. The number of rotatable bonds is 7. The summed E-state index contributed by atoms with van der Waals surface area (Å²) >= 11 is 0. The van der Waals surface area contributed by atoms with Gasteiger partial charge >= 0.3 is 0 Å². The molecule has 0 radical (unpaired) electrons. The first-order valence-corrected chi connectivity index (χ1v) is 12.1. The summed E-state index contributed by atoms with van der Waals surface area (Å²) in [5.74, 6) is 0.564. The molecule has 0 bridgehead atoms. The second-order valence-corrected chi connectivity index (χ2v) is 10.5. The Kier molecular flexibility index (Phi) is 5.89. The lowest BCUT2D eigenvalue weighted by atomic mass is 9.79. The zero-order chi connectivity index (χ0) is 22.3. The van der Waals surface area contributed by atoms with Gasteiger partial charge in [-0.2, -0.15) is 5.10 Å². The van der Waals surface area contributed by atoms with Crippen molar-refractivity contribution < 1.29 is 0 Å². The summed E-state index contributed by atoms with van der Waals surface area (Å²) in [5.41, 5.74) is 5.83. The number of hydrogen-bond donors (Lipinski definition) is 0. The Balaban J connectivity index is 1.49. The second-order valence-electron chi connectivity index (χ2n) is 10.5. The minimum absolute atomic E-state index is 0.128. The number of aromatic nitrogens is 2. The molecule has 2 heterocycles. The van der Waals surface area contributed by atoms with Crippen molar-refractivity contribution in [1.82, 2.24) is 14.7 Å². The van der Waals surface area contributed by atoms with Crippen LogP contribution in [0.25, 0.3) is 10.9 Å². The Morgan fingerprint density at radius 2 is 1.90 bits per heavy atom. The van der Waals surface area contributed by atoms with Gasteiger partial charge in [-0.15, -0.1) is 0 Å². The molecule has 0 spiro atoms. The van der Waals surface area contributed by atoms with Gasteiger partial charge in [0.1, 0.15) is 0 Å². The molecule has 1 aromatic heterocycles. The summed E-state index contributed by atoms with van der Waals surface area (Å²) in [6.45, 7) is 16.2. The summed E-state index contributed by atoms with van der Waals surface area (Å²) in [5, 5.41) is 5.83. The lowest BCUT2D eigenvalue weighted by molar-refractivity contribution is 0.203. The zero-order valence-corrected chi connectivity index (χ0v) is 20.4. The molecule has 0 saturated heterocycles. The molecule has 2 aliphatic rings. The molecule has 31 heavy (non-hydrogen) atoms. The molecule has 1 aliphatic carbocycles. The van der Waals surface area contributed by atoms with E-state index >= 15 is 0 Å². The van der Waals surface area contributed by atoms with Crippen LogP contribution >= 0.6 is 0 Å². The Labute approximate surface area is 188 Å². The monoisotopic (exact) mass is 417 g/mol. The van der Waals surface area contributed by atoms with Crippen molar-refractivity contribution in [1.29, 1.82) is 0 Å². The van der Waals surface area contributed by atoms with E-state index < -0.39 is 0 Å². The predicted octanol–water partition coefficient (Wildman–Crippen LogP) is 7.17. The van der Waals surface area contributed by atoms with Gasteiger partial charge in [-0.25, -0.2) is 0 Å². The average Bonchev–Trinajstić information content (AvgIpc) is 3.37. The summed E-state index contributed by atoms with van der Waals surface area (Å²) in [6.07, 6.45) is 14.9. The lowest BCUT2D eigenvalue weighted by Crippen LogP contribution is -2.41. The third kappa shape index (κ3) is 4.00. The van der Waals surface area contributed by atoms with E-state index in [-0.39, 0.29) is 5.41 Å². The van der Waals surface area contributed by atoms with Crippen LogP contribution in [-0.2, 0) is 5.41 Å². The minimum atomic E-state index is 0.128. The van der Waals surface area contributed by atoms with E-state index in [0.717, 1.165) is 12.8 Å². The number of fused-ring (bicyclic) bond motifs is 2. The van der Waals surface area contributed by atoms with Crippen LogP contribution in [0, 0.1) is 5.92 Å². The van der Waals surface area contributed by atoms with Crippen LogP contribution in [0.2, 0.25) is 0 Å². The van der Waals surface area contributed by atoms with Crippen molar-refractivity contribution in [3.63, 3.8) is 0 Å². The highest BCUT2D eigenvalue weighted by Gasteiger charge is 2.34. The molecule has 3 atom stereocenters. The van der Waals surface area contributed by atoms with E-state index in [9.17, 15) is 0 Å². The quantitative estimate of drug-likeness (QED) is 0.476. The third-order valence-corrected chi connectivity index (χ3v) is 7.48. The van der Waals surface area contributed by atoms with Crippen molar-refractivity contribution in [2.24, 2.45) is 5.92 Å². The smallest absolute Gasteiger partial charge is 0.0688 e. The van der Waals surface area contributed by atoms with Crippen LogP contribution in [0.4, 0.5) is 0 Å². The Morgan fingerprint density at radius 1 is 1.13 bits per heavy atom. The molecule has 0 amide bonds. The molecule has 4 rings (SSSR count). The van der Waals surface area contributed by atoms with Gasteiger partial charge in [-0.3, -0.25) is 4.68 Å². The molecule has 0 N–H and O–H groups in total. The average molecular weight is 418 g/mol. The fourth-order valence-corrected chi connectivity index (χ4v) is 5.32. The first-order chi connectivity index (χ1) is 14.7. The Bertz CT molecular complexity index is 1030. The van der Waals surface area contributed by atoms with Crippen LogP contribution in [0.15, 0.2) is 60.0 Å². The van der Waals surface area contributed by atoms with Crippen molar-refractivity contribution in [2.45, 2.75) is 91.3 Å². The molecule has 0 fully saturated rings. The van der Waals surface area contributed by atoms with Crippen molar-refractivity contribution in [3.8, 4) is 0 Å². The van der Waals surface area contributed by atoms with Crippen LogP contribution in [0.3, 0.4) is 0 Å². The van der Waals surface area contributed by atoms with Crippen molar-refractivity contribution in [3.05, 3.63) is 65.5 Å². The Morgan fingerprint density at radius 3 is 2.61 bits per heavy atom. The topological polar surface area (TPSA) is 21.1 Å². The molecular weight excluding hydrogens is 378 g/mol. The van der Waals surface area contributed by atoms with Gasteiger partial charge in [0.05, 0.1) is 17.8 Å². The minimum Gasteiger partial charge on any atom is -0.367 e. The number of hydrogen-bond acceptors (Lipinski definition) is 2. The lowest BCUT2D eigenvalue weighted by Gasteiger charge is -2.38. The number of allylic oxidation sites excluding steroid dienone is 2. The molecule has 3 unspecified atom stereocenters. The highest BCUT2D eigenvalue weighted by molar-refractivity contribution is 5.79. The van der Waals surface area contributed by atoms with Gasteiger partial charge in [-0.05, 0) is 80.2 Å². The van der Waals surface area contributed by atoms with E-state index in [2.05, 4.69) is 106 Å². The third-order valence-electron chi connectivity index (χ3n) is 7.48. The fourth-order valence-electron chi connectivity index (χ4n) is 5.32. The molecule has 3 nitrogen and oxygen atoms in total. The summed E-state index contributed by atoms with van der Waals surface area (Å²) in [7, 11) is 0. The largest absolute Gasteiger partial charge is 0.367 e. The normalized spacial score (nSPS) is 22.1. The van der Waals surface area contributed by atoms with E-state index in [0.29, 0.717) is 24.0 Å². The molecule has 3 heteroatoms. The molecule has 0 saturated carbocycles. The van der Waals surface area contributed by atoms with Gasteiger partial charge in [0.2, 0.25) is 0 Å². The standard InChI is InChI=1S/C28H39N3/c1-8-22-10-9-20(4)27-25(22)14-16-30(27)21(5)13-15-28(6,7)24-12-11-23-18-29-31(19(2)3)26(23)17-24/h9-12,14,16-21,27H,8,13,15H2,1-7H3. The van der Waals surface area contributed by atoms with E-state index in [1.807, 2.05) is 6.20 Å². The first kappa shape index (κ1) is 21.9. The van der Waals surface area contributed by atoms with Crippen LogP contribution in [0.5, 0.6) is 0 Å². The molecule has 2 aromatic rings. The first-order valence-electron chi connectivity index (χ1n) is 12.1. The predicted molar refractivity (Wildman–Crippen MR) is 132 cm³/mol. The van der Waals surface area contributed by atoms with Gasteiger partial charge < -0.3 is 4.90 Å². The van der Waals surface area contributed by atoms with Crippen LogP contribution < -0.4 is 0 Å².